The molecule has 1 aromatic heterocycles. The van der Waals surface area contributed by atoms with Gasteiger partial charge in [0.1, 0.15) is 0 Å². The molecule has 0 radical (unpaired) electrons. The van der Waals surface area contributed by atoms with Gasteiger partial charge in [-0.05, 0) is 49.8 Å². The molecular formula is C24H27F3N6O2. The van der Waals surface area contributed by atoms with Crippen molar-refractivity contribution in [2.45, 2.75) is 25.9 Å². The number of aromatic amines is 1. The number of hydrogen-bond acceptors (Lipinski definition) is 5. The van der Waals surface area contributed by atoms with Gasteiger partial charge in [-0.1, -0.05) is 0 Å². The minimum Gasteiger partial charge on any atom is -0.370 e. The van der Waals surface area contributed by atoms with Crippen LogP contribution in [0.5, 0.6) is 0 Å². The van der Waals surface area contributed by atoms with Gasteiger partial charge in [-0.25, -0.2) is 0 Å². The molecule has 35 heavy (non-hydrogen) atoms. The monoisotopic (exact) mass is 488 g/mol. The van der Waals surface area contributed by atoms with Crippen LogP contribution in [0.4, 0.5) is 18.9 Å². The predicted octanol–water partition coefficient (Wildman–Crippen LogP) is 3.04. The van der Waals surface area contributed by atoms with E-state index in [-0.39, 0.29) is 29.6 Å². The Hall–Kier alpha value is -3.55. The van der Waals surface area contributed by atoms with Gasteiger partial charge in [-0.2, -0.15) is 23.5 Å². The van der Waals surface area contributed by atoms with Crippen molar-refractivity contribution in [3.63, 3.8) is 0 Å². The highest BCUT2D eigenvalue weighted by Gasteiger charge is 2.43. The standard InChI is InChI=1S/C24H27F3N6O2/c1-2-29-22(34)20-14-33(18-4-3-16(10-28)21(9-18)24(25,26)27)13-19(20)15-5-7-32(8-6-15)23(35)17-11-30-31-12-17/h3-4,9,11-12,15,19-20H,2,5-8,13-14H2,1H3,(H,29,34)(H,30,31)/t19-,20+/m0/s1. The molecular weight excluding hydrogens is 461 g/mol. The first-order valence-electron chi connectivity index (χ1n) is 11.6. The summed E-state index contributed by atoms with van der Waals surface area (Å²) in [5.41, 5.74) is -0.550. The van der Waals surface area contributed by atoms with Crippen molar-refractivity contribution in [2.75, 3.05) is 37.6 Å². The highest BCUT2D eigenvalue weighted by atomic mass is 19.4. The van der Waals surface area contributed by atoms with E-state index in [1.807, 2.05) is 11.8 Å². The number of carbonyl (C=O) groups excluding carboxylic acids is 2. The van der Waals surface area contributed by atoms with Crippen molar-refractivity contribution >= 4 is 17.5 Å². The third-order valence-corrected chi connectivity index (χ3v) is 7.02. The minimum absolute atomic E-state index is 0.0577. The van der Waals surface area contributed by atoms with Crippen LogP contribution in [0, 0.1) is 29.1 Å². The number of piperidine rings is 1. The molecule has 8 nitrogen and oxygen atoms in total. The van der Waals surface area contributed by atoms with Gasteiger partial charge >= 0.3 is 6.18 Å². The Labute approximate surface area is 201 Å². The SMILES string of the molecule is CCNC(=O)[C@@H]1CN(c2ccc(C#N)c(C(F)(F)F)c2)C[C@H]1C1CCN(C(=O)c2cn[nH]c2)CC1. The van der Waals surface area contributed by atoms with Crippen molar-refractivity contribution in [1.82, 2.24) is 20.4 Å². The molecule has 2 fully saturated rings. The second kappa shape index (κ2) is 9.98. The van der Waals surface area contributed by atoms with Gasteiger partial charge in [0.15, 0.2) is 0 Å². The average Bonchev–Trinajstić information content (AvgIpc) is 3.54. The van der Waals surface area contributed by atoms with E-state index in [1.165, 1.54) is 18.3 Å². The van der Waals surface area contributed by atoms with E-state index in [1.54, 1.807) is 17.2 Å². The lowest BCUT2D eigenvalue weighted by atomic mass is 9.78. The normalized spacial score (nSPS) is 21.1. The van der Waals surface area contributed by atoms with Gasteiger partial charge < -0.3 is 15.1 Å². The van der Waals surface area contributed by atoms with Crippen molar-refractivity contribution in [1.29, 1.82) is 5.26 Å². The first-order chi connectivity index (χ1) is 16.7. The fourth-order valence-corrected chi connectivity index (χ4v) is 5.24. The lowest BCUT2D eigenvalue weighted by Crippen LogP contribution is -2.43. The smallest absolute Gasteiger partial charge is 0.370 e. The lowest BCUT2D eigenvalue weighted by Gasteiger charge is -2.36. The van der Waals surface area contributed by atoms with Crippen molar-refractivity contribution in [3.8, 4) is 6.07 Å². The summed E-state index contributed by atoms with van der Waals surface area (Å²) in [6.07, 6.45) is -0.186. The number of likely N-dealkylation sites (tertiary alicyclic amines) is 1. The average molecular weight is 489 g/mol. The molecule has 186 valence electrons. The van der Waals surface area contributed by atoms with Crippen LogP contribution in [0.2, 0.25) is 0 Å². The van der Waals surface area contributed by atoms with Crippen LogP contribution in [0.15, 0.2) is 30.6 Å². The van der Waals surface area contributed by atoms with E-state index >= 15 is 0 Å². The number of carbonyl (C=O) groups is 2. The Morgan fingerprint density at radius 1 is 1.26 bits per heavy atom. The van der Waals surface area contributed by atoms with E-state index in [4.69, 9.17) is 5.26 Å². The third-order valence-electron chi connectivity index (χ3n) is 7.02. The zero-order valence-corrected chi connectivity index (χ0v) is 19.3. The molecule has 2 atom stereocenters. The maximum Gasteiger partial charge on any atom is 0.417 e. The van der Waals surface area contributed by atoms with Crippen molar-refractivity contribution in [2.24, 2.45) is 17.8 Å². The zero-order chi connectivity index (χ0) is 25.2. The Balaban J connectivity index is 1.52. The second-order valence-corrected chi connectivity index (χ2v) is 9.03. The van der Waals surface area contributed by atoms with E-state index in [9.17, 15) is 22.8 Å². The summed E-state index contributed by atoms with van der Waals surface area (Å²) in [6, 6.07) is 5.31. The molecule has 11 heteroatoms. The highest BCUT2D eigenvalue weighted by Crippen LogP contribution is 2.40. The van der Waals surface area contributed by atoms with Gasteiger partial charge in [-0.3, -0.25) is 14.7 Å². The summed E-state index contributed by atoms with van der Waals surface area (Å²) in [4.78, 5) is 29.1. The zero-order valence-electron chi connectivity index (χ0n) is 19.3. The fourth-order valence-electron chi connectivity index (χ4n) is 5.24. The number of nitrogens with zero attached hydrogens (tertiary/aromatic N) is 4. The summed E-state index contributed by atoms with van der Waals surface area (Å²) in [6.45, 7) is 4.12. The number of rotatable bonds is 5. The minimum atomic E-state index is -4.65. The Bertz CT molecular complexity index is 1100. The lowest BCUT2D eigenvalue weighted by molar-refractivity contribution is -0.137. The number of amides is 2. The molecule has 0 saturated carbocycles. The fraction of sp³-hybridized carbons (Fsp3) is 0.500. The van der Waals surface area contributed by atoms with Gasteiger partial charge in [0.05, 0.1) is 34.9 Å². The molecule has 2 aliphatic rings. The number of halogens is 3. The number of nitriles is 1. The van der Waals surface area contributed by atoms with Crippen molar-refractivity contribution in [3.05, 3.63) is 47.3 Å². The molecule has 2 aliphatic heterocycles. The molecule has 3 heterocycles. The first-order valence-corrected chi connectivity index (χ1v) is 11.6. The van der Waals surface area contributed by atoms with Crippen LogP contribution in [0.3, 0.4) is 0 Å². The molecule has 0 bridgehead atoms. The summed E-state index contributed by atoms with van der Waals surface area (Å²) in [5, 5.41) is 18.4. The Morgan fingerprint density at radius 2 is 2.00 bits per heavy atom. The number of anilines is 1. The maximum absolute atomic E-state index is 13.5. The summed E-state index contributed by atoms with van der Waals surface area (Å²) < 4.78 is 40.5. The van der Waals surface area contributed by atoms with Crippen LogP contribution < -0.4 is 10.2 Å². The van der Waals surface area contributed by atoms with Crippen LogP contribution in [0.25, 0.3) is 0 Å². The van der Waals surface area contributed by atoms with Gasteiger partial charge in [0.2, 0.25) is 5.91 Å². The number of nitrogens with one attached hydrogen (secondary N) is 2. The Kier molecular flexibility index (Phi) is 7.00. The first kappa shape index (κ1) is 24.6. The molecule has 2 amide bonds. The van der Waals surface area contributed by atoms with Gasteiger partial charge in [0.25, 0.3) is 5.91 Å². The molecule has 0 aliphatic carbocycles. The molecule has 0 spiro atoms. The summed E-state index contributed by atoms with van der Waals surface area (Å²) >= 11 is 0. The quantitative estimate of drug-likeness (QED) is 0.673. The molecule has 2 saturated heterocycles. The van der Waals surface area contributed by atoms with Gasteiger partial charge in [0, 0.05) is 44.6 Å². The van der Waals surface area contributed by atoms with E-state index in [2.05, 4.69) is 15.5 Å². The largest absolute Gasteiger partial charge is 0.417 e. The number of H-pyrrole nitrogens is 1. The number of alkyl halides is 3. The maximum atomic E-state index is 13.5. The van der Waals surface area contributed by atoms with Gasteiger partial charge in [-0.15, -0.1) is 0 Å². The predicted molar refractivity (Wildman–Crippen MR) is 121 cm³/mol. The molecule has 4 rings (SSSR count). The number of aromatic nitrogens is 2. The Morgan fingerprint density at radius 3 is 2.60 bits per heavy atom. The van der Waals surface area contributed by atoms with E-state index in [0.29, 0.717) is 56.8 Å². The molecule has 1 aromatic carbocycles. The topological polar surface area (TPSA) is 105 Å². The summed E-state index contributed by atoms with van der Waals surface area (Å²) in [5.74, 6) is -0.482. The molecule has 2 N–H and O–H groups in total. The van der Waals surface area contributed by atoms with Crippen LogP contribution in [-0.2, 0) is 11.0 Å². The summed E-state index contributed by atoms with van der Waals surface area (Å²) in [7, 11) is 0. The highest BCUT2D eigenvalue weighted by molar-refractivity contribution is 5.93. The third kappa shape index (κ3) is 5.11. The van der Waals surface area contributed by atoms with Crippen molar-refractivity contribution < 1.29 is 22.8 Å². The van der Waals surface area contributed by atoms with Crippen LogP contribution in [0.1, 0.15) is 41.3 Å². The van der Waals surface area contributed by atoms with E-state index < -0.39 is 17.3 Å². The number of hydrogen-bond donors (Lipinski definition) is 2. The number of benzene rings is 1. The van der Waals surface area contributed by atoms with Crippen LogP contribution in [-0.4, -0.2) is 59.6 Å². The van der Waals surface area contributed by atoms with Crippen LogP contribution >= 0.6 is 0 Å². The second-order valence-electron chi connectivity index (χ2n) is 9.03. The molecule has 2 aromatic rings. The van der Waals surface area contributed by atoms with E-state index in [0.717, 1.165) is 6.07 Å². The molecule has 0 unspecified atom stereocenters.